The third kappa shape index (κ3) is 2.93. The number of hydrogen-bond acceptors (Lipinski definition) is 2. The van der Waals surface area contributed by atoms with Crippen molar-refractivity contribution in [2.75, 3.05) is 6.54 Å². The SMILES string of the molecule is Cl.c1cc2c(cc1OC1CCCC1)CCNC2. The molecule has 0 spiro atoms. The van der Waals surface area contributed by atoms with Crippen molar-refractivity contribution >= 4 is 12.4 Å². The predicted molar refractivity (Wildman–Crippen MR) is 72.0 cm³/mol. The summed E-state index contributed by atoms with van der Waals surface area (Å²) in [6.07, 6.45) is 6.74. The van der Waals surface area contributed by atoms with E-state index < -0.39 is 0 Å². The van der Waals surface area contributed by atoms with Crippen molar-refractivity contribution in [3.63, 3.8) is 0 Å². The van der Waals surface area contributed by atoms with Crippen molar-refractivity contribution in [3.8, 4) is 5.75 Å². The fraction of sp³-hybridized carbons (Fsp3) is 0.571. The molecule has 0 saturated heterocycles. The molecule has 0 radical (unpaired) electrons. The van der Waals surface area contributed by atoms with E-state index in [0.29, 0.717) is 6.10 Å². The van der Waals surface area contributed by atoms with Crippen LogP contribution in [0.2, 0.25) is 0 Å². The van der Waals surface area contributed by atoms with E-state index in [1.807, 2.05) is 0 Å². The molecule has 1 fully saturated rings. The van der Waals surface area contributed by atoms with Crippen molar-refractivity contribution in [2.24, 2.45) is 0 Å². The van der Waals surface area contributed by atoms with Crippen molar-refractivity contribution in [1.82, 2.24) is 5.32 Å². The first-order valence-electron chi connectivity index (χ1n) is 6.41. The van der Waals surface area contributed by atoms with Gasteiger partial charge in [-0.2, -0.15) is 0 Å². The van der Waals surface area contributed by atoms with Crippen molar-refractivity contribution in [3.05, 3.63) is 29.3 Å². The average molecular weight is 254 g/mol. The lowest BCUT2D eigenvalue weighted by Crippen LogP contribution is -2.23. The zero-order valence-electron chi connectivity index (χ0n) is 10.1. The van der Waals surface area contributed by atoms with Crippen LogP contribution in [0.5, 0.6) is 5.75 Å². The molecule has 2 nitrogen and oxygen atoms in total. The molecule has 0 atom stereocenters. The molecule has 2 aliphatic rings. The van der Waals surface area contributed by atoms with Gasteiger partial charge in [0.05, 0.1) is 6.10 Å². The Morgan fingerprint density at radius 1 is 1.12 bits per heavy atom. The molecule has 1 heterocycles. The molecule has 0 amide bonds. The second-order valence-corrected chi connectivity index (χ2v) is 4.88. The third-order valence-electron chi connectivity index (χ3n) is 3.67. The van der Waals surface area contributed by atoms with Crippen LogP contribution in [0.1, 0.15) is 36.8 Å². The molecule has 17 heavy (non-hydrogen) atoms. The average Bonchev–Trinajstić information content (AvgIpc) is 2.82. The second kappa shape index (κ2) is 5.74. The Balaban J connectivity index is 0.00000108. The van der Waals surface area contributed by atoms with E-state index in [1.54, 1.807) is 0 Å². The zero-order chi connectivity index (χ0) is 10.8. The highest BCUT2D eigenvalue weighted by atomic mass is 35.5. The van der Waals surface area contributed by atoms with Crippen LogP contribution in [-0.4, -0.2) is 12.6 Å². The van der Waals surface area contributed by atoms with Gasteiger partial charge in [0, 0.05) is 6.54 Å². The number of ether oxygens (including phenoxy) is 1. The topological polar surface area (TPSA) is 21.3 Å². The van der Waals surface area contributed by atoms with Crippen molar-refractivity contribution < 1.29 is 4.74 Å². The Hall–Kier alpha value is -0.730. The fourth-order valence-electron chi connectivity index (χ4n) is 2.73. The number of benzene rings is 1. The first-order chi connectivity index (χ1) is 7.92. The molecule has 1 aromatic rings. The van der Waals surface area contributed by atoms with Gasteiger partial charge in [0.15, 0.2) is 0 Å². The van der Waals surface area contributed by atoms with Crippen LogP contribution < -0.4 is 10.1 Å². The monoisotopic (exact) mass is 253 g/mol. The molecule has 1 aromatic carbocycles. The molecule has 1 saturated carbocycles. The summed E-state index contributed by atoms with van der Waals surface area (Å²) in [7, 11) is 0. The van der Waals surface area contributed by atoms with Crippen molar-refractivity contribution in [2.45, 2.75) is 44.8 Å². The van der Waals surface area contributed by atoms with Crippen LogP contribution in [0.3, 0.4) is 0 Å². The van der Waals surface area contributed by atoms with E-state index in [-0.39, 0.29) is 12.4 Å². The fourth-order valence-corrected chi connectivity index (χ4v) is 2.73. The van der Waals surface area contributed by atoms with Gasteiger partial charge >= 0.3 is 0 Å². The summed E-state index contributed by atoms with van der Waals surface area (Å²) in [5.41, 5.74) is 2.90. The summed E-state index contributed by atoms with van der Waals surface area (Å²) in [5.74, 6) is 1.08. The molecule has 1 N–H and O–H groups in total. The lowest BCUT2D eigenvalue weighted by atomic mass is 10.0. The van der Waals surface area contributed by atoms with Crippen LogP contribution >= 0.6 is 12.4 Å². The van der Waals surface area contributed by atoms with E-state index in [4.69, 9.17) is 4.74 Å². The number of nitrogens with one attached hydrogen (secondary N) is 1. The van der Waals surface area contributed by atoms with Gasteiger partial charge in [0.25, 0.3) is 0 Å². The molecule has 94 valence electrons. The Labute approximate surface area is 109 Å². The van der Waals surface area contributed by atoms with E-state index in [2.05, 4.69) is 23.5 Å². The van der Waals surface area contributed by atoms with Gasteiger partial charge in [0.1, 0.15) is 5.75 Å². The summed E-state index contributed by atoms with van der Waals surface area (Å²) in [6.45, 7) is 2.11. The molecule has 1 aliphatic carbocycles. The number of halogens is 1. The summed E-state index contributed by atoms with van der Waals surface area (Å²) in [4.78, 5) is 0. The van der Waals surface area contributed by atoms with Gasteiger partial charge in [-0.1, -0.05) is 6.07 Å². The maximum atomic E-state index is 6.02. The van der Waals surface area contributed by atoms with Crippen LogP contribution in [0.25, 0.3) is 0 Å². The first-order valence-corrected chi connectivity index (χ1v) is 6.41. The highest BCUT2D eigenvalue weighted by Crippen LogP contribution is 2.26. The maximum absolute atomic E-state index is 6.02. The number of rotatable bonds is 2. The van der Waals surface area contributed by atoms with Crippen molar-refractivity contribution in [1.29, 1.82) is 0 Å². The molecule has 0 unspecified atom stereocenters. The lowest BCUT2D eigenvalue weighted by Gasteiger charge is -2.19. The van der Waals surface area contributed by atoms with Crippen LogP contribution in [0, 0.1) is 0 Å². The highest BCUT2D eigenvalue weighted by Gasteiger charge is 2.17. The molecule has 0 bridgehead atoms. The van der Waals surface area contributed by atoms with Gasteiger partial charge in [-0.15, -0.1) is 12.4 Å². The standard InChI is InChI=1S/C14H19NO.ClH/c1-2-4-13(3-1)16-14-6-5-12-10-15-8-7-11(12)9-14;/h5-6,9,13,15H,1-4,7-8,10H2;1H. The Kier molecular flexibility index (Phi) is 4.30. The normalized spacial score (nSPS) is 19.5. The number of hydrogen-bond donors (Lipinski definition) is 1. The molecular weight excluding hydrogens is 234 g/mol. The van der Waals surface area contributed by atoms with Gasteiger partial charge in [-0.05, 0) is 61.9 Å². The third-order valence-corrected chi connectivity index (χ3v) is 3.67. The second-order valence-electron chi connectivity index (χ2n) is 4.88. The summed E-state index contributed by atoms with van der Waals surface area (Å²) in [5, 5.41) is 3.39. The molecule has 0 aromatic heterocycles. The summed E-state index contributed by atoms with van der Waals surface area (Å²) >= 11 is 0. The smallest absolute Gasteiger partial charge is 0.120 e. The largest absolute Gasteiger partial charge is 0.490 e. The minimum absolute atomic E-state index is 0. The van der Waals surface area contributed by atoms with Gasteiger partial charge < -0.3 is 10.1 Å². The Morgan fingerprint density at radius 2 is 1.94 bits per heavy atom. The number of fused-ring (bicyclic) bond motifs is 1. The molecular formula is C14H20ClNO. The van der Waals surface area contributed by atoms with Crippen LogP contribution in [0.4, 0.5) is 0 Å². The molecule has 3 rings (SSSR count). The molecule has 3 heteroatoms. The maximum Gasteiger partial charge on any atom is 0.120 e. The molecule has 1 aliphatic heterocycles. The minimum atomic E-state index is 0. The van der Waals surface area contributed by atoms with Gasteiger partial charge in [-0.3, -0.25) is 0 Å². The minimum Gasteiger partial charge on any atom is -0.490 e. The zero-order valence-corrected chi connectivity index (χ0v) is 10.9. The quantitative estimate of drug-likeness (QED) is 0.875. The lowest BCUT2D eigenvalue weighted by molar-refractivity contribution is 0.209. The Morgan fingerprint density at radius 3 is 2.76 bits per heavy atom. The van der Waals surface area contributed by atoms with Gasteiger partial charge in [0.2, 0.25) is 0 Å². The van der Waals surface area contributed by atoms with E-state index >= 15 is 0 Å². The van der Waals surface area contributed by atoms with Crippen LogP contribution in [0.15, 0.2) is 18.2 Å². The summed E-state index contributed by atoms with van der Waals surface area (Å²) in [6, 6.07) is 6.59. The van der Waals surface area contributed by atoms with Crippen LogP contribution in [-0.2, 0) is 13.0 Å². The predicted octanol–water partition coefficient (Wildman–Crippen LogP) is 3.08. The van der Waals surface area contributed by atoms with E-state index in [9.17, 15) is 0 Å². The van der Waals surface area contributed by atoms with E-state index in [1.165, 1.54) is 36.8 Å². The van der Waals surface area contributed by atoms with E-state index in [0.717, 1.165) is 25.3 Å². The Bertz CT molecular complexity index is 374. The summed E-state index contributed by atoms with van der Waals surface area (Å²) < 4.78 is 6.02. The highest BCUT2D eigenvalue weighted by molar-refractivity contribution is 5.85. The van der Waals surface area contributed by atoms with Gasteiger partial charge in [-0.25, -0.2) is 0 Å². The first kappa shape index (κ1) is 12.7.